The van der Waals surface area contributed by atoms with E-state index in [1.165, 1.54) is 4.90 Å². The number of carbonyl (C=O) groups excluding carboxylic acids is 1. The predicted molar refractivity (Wildman–Crippen MR) is 110 cm³/mol. The molecule has 1 amide bonds. The fourth-order valence-corrected chi connectivity index (χ4v) is 3.80. The number of rotatable bonds is 16. The number of carboxylic acids is 2. The van der Waals surface area contributed by atoms with Crippen LogP contribution >= 0.6 is 0 Å². The number of likely N-dealkylation sites (tertiary alicyclic amines) is 1. The SMILES string of the molecule is NCCCCCCC[C@H](N[C@@H](CCCCN)C(=O)N1CCC[C@H]1C(=O)O)C(=O)O. The summed E-state index contributed by atoms with van der Waals surface area (Å²) in [6.45, 7) is 1.55. The molecule has 9 nitrogen and oxygen atoms in total. The summed E-state index contributed by atoms with van der Waals surface area (Å²) in [5.74, 6) is -2.32. The van der Waals surface area contributed by atoms with Crippen molar-refractivity contribution in [1.82, 2.24) is 10.2 Å². The van der Waals surface area contributed by atoms with Crippen LogP contribution in [0.5, 0.6) is 0 Å². The van der Waals surface area contributed by atoms with Crippen molar-refractivity contribution >= 4 is 17.8 Å². The normalized spacial score (nSPS) is 18.6. The first-order chi connectivity index (χ1) is 13.9. The Morgan fingerprint density at radius 3 is 2.07 bits per heavy atom. The minimum absolute atomic E-state index is 0.318. The van der Waals surface area contributed by atoms with Gasteiger partial charge in [-0.2, -0.15) is 0 Å². The molecule has 29 heavy (non-hydrogen) atoms. The minimum Gasteiger partial charge on any atom is -0.480 e. The molecule has 1 saturated heterocycles. The van der Waals surface area contributed by atoms with Crippen LogP contribution in [0.4, 0.5) is 0 Å². The highest BCUT2D eigenvalue weighted by Gasteiger charge is 2.38. The second-order valence-corrected chi connectivity index (χ2v) is 7.77. The van der Waals surface area contributed by atoms with Gasteiger partial charge in [-0.15, -0.1) is 0 Å². The third-order valence-corrected chi connectivity index (χ3v) is 5.46. The smallest absolute Gasteiger partial charge is 0.326 e. The first-order valence-electron chi connectivity index (χ1n) is 10.8. The molecule has 3 atom stereocenters. The van der Waals surface area contributed by atoms with E-state index >= 15 is 0 Å². The average molecular weight is 415 g/mol. The van der Waals surface area contributed by atoms with Gasteiger partial charge in [0.2, 0.25) is 5.91 Å². The molecule has 0 saturated carbocycles. The maximum Gasteiger partial charge on any atom is 0.326 e. The van der Waals surface area contributed by atoms with Crippen LogP contribution in [0.25, 0.3) is 0 Å². The van der Waals surface area contributed by atoms with Gasteiger partial charge in [0.25, 0.3) is 0 Å². The van der Waals surface area contributed by atoms with Gasteiger partial charge in [-0.1, -0.05) is 32.1 Å². The van der Waals surface area contributed by atoms with Gasteiger partial charge in [-0.25, -0.2) is 4.79 Å². The monoisotopic (exact) mass is 414 g/mol. The van der Waals surface area contributed by atoms with Crippen molar-refractivity contribution in [3.8, 4) is 0 Å². The number of nitrogens with one attached hydrogen (secondary N) is 1. The first-order valence-corrected chi connectivity index (χ1v) is 10.8. The molecule has 0 aromatic heterocycles. The predicted octanol–water partition coefficient (Wildman–Crippen LogP) is 0.902. The molecule has 0 aromatic rings. The molecule has 0 aliphatic carbocycles. The molecule has 1 heterocycles. The zero-order valence-electron chi connectivity index (χ0n) is 17.4. The largest absolute Gasteiger partial charge is 0.480 e. The van der Waals surface area contributed by atoms with Crippen LogP contribution in [-0.2, 0) is 14.4 Å². The number of carboxylic acid groups (broad SMARTS) is 2. The van der Waals surface area contributed by atoms with E-state index in [0.29, 0.717) is 51.7 Å². The Balaban J connectivity index is 2.71. The summed E-state index contributed by atoms with van der Waals surface area (Å²) in [5, 5.41) is 22.0. The summed E-state index contributed by atoms with van der Waals surface area (Å²) in [6.07, 6.45) is 8.04. The van der Waals surface area contributed by atoms with Crippen molar-refractivity contribution in [2.75, 3.05) is 19.6 Å². The lowest BCUT2D eigenvalue weighted by molar-refractivity contribution is -0.149. The second kappa shape index (κ2) is 14.3. The van der Waals surface area contributed by atoms with E-state index in [9.17, 15) is 24.6 Å². The highest BCUT2D eigenvalue weighted by molar-refractivity contribution is 5.88. The Bertz CT molecular complexity index is 517. The van der Waals surface area contributed by atoms with E-state index in [1.54, 1.807) is 0 Å². The van der Waals surface area contributed by atoms with E-state index in [1.807, 2.05) is 0 Å². The Morgan fingerprint density at radius 2 is 1.45 bits per heavy atom. The van der Waals surface area contributed by atoms with Crippen LogP contribution in [-0.4, -0.2) is 70.7 Å². The third-order valence-electron chi connectivity index (χ3n) is 5.46. The number of unbranched alkanes of at least 4 members (excludes halogenated alkanes) is 5. The molecule has 1 rings (SSSR count). The number of aliphatic carboxylic acids is 2. The summed E-state index contributed by atoms with van der Waals surface area (Å²) in [6, 6.07) is -2.37. The van der Waals surface area contributed by atoms with Gasteiger partial charge in [-0.05, 0) is 51.6 Å². The van der Waals surface area contributed by atoms with Crippen molar-refractivity contribution in [2.45, 2.75) is 88.8 Å². The standard InChI is InChI=1S/C20H38N4O5/c21-12-6-3-1-2-4-10-16(19(26)27)23-15(9-5-7-13-22)18(25)24-14-8-11-17(24)20(28)29/h15-17,23H,1-14,21-22H2,(H,26,27)(H,28,29)/t15-,16-,17-/m0/s1. The molecule has 168 valence electrons. The molecule has 1 fully saturated rings. The fraction of sp³-hybridized carbons (Fsp3) is 0.850. The number of hydrogen-bond donors (Lipinski definition) is 5. The Labute approximate surface area is 173 Å². The van der Waals surface area contributed by atoms with Crippen molar-refractivity contribution in [2.24, 2.45) is 11.5 Å². The fourth-order valence-electron chi connectivity index (χ4n) is 3.80. The van der Waals surface area contributed by atoms with E-state index in [-0.39, 0.29) is 5.91 Å². The second-order valence-electron chi connectivity index (χ2n) is 7.77. The van der Waals surface area contributed by atoms with Crippen LogP contribution in [0.3, 0.4) is 0 Å². The van der Waals surface area contributed by atoms with Gasteiger partial charge in [0, 0.05) is 6.54 Å². The molecule has 0 unspecified atom stereocenters. The summed E-state index contributed by atoms with van der Waals surface area (Å²) >= 11 is 0. The lowest BCUT2D eigenvalue weighted by atomic mass is 10.0. The molecular formula is C20H38N4O5. The molecule has 7 N–H and O–H groups in total. The third kappa shape index (κ3) is 9.10. The van der Waals surface area contributed by atoms with Gasteiger partial charge in [0.05, 0.1) is 6.04 Å². The van der Waals surface area contributed by atoms with E-state index in [4.69, 9.17) is 11.5 Å². The molecule has 9 heteroatoms. The van der Waals surface area contributed by atoms with Crippen molar-refractivity contribution in [3.05, 3.63) is 0 Å². The van der Waals surface area contributed by atoms with E-state index in [2.05, 4.69) is 5.32 Å². The number of amides is 1. The number of nitrogens with two attached hydrogens (primary N) is 2. The zero-order valence-corrected chi connectivity index (χ0v) is 17.4. The summed E-state index contributed by atoms with van der Waals surface area (Å²) in [5.41, 5.74) is 11.0. The number of hydrogen-bond acceptors (Lipinski definition) is 6. The first kappa shape index (κ1) is 25.3. The molecule has 0 aromatic carbocycles. The Kier molecular flexibility index (Phi) is 12.5. The van der Waals surface area contributed by atoms with Crippen molar-refractivity contribution < 1.29 is 24.6 Å². The van der Waals surface area contributed by atoms with Crippen LogP contribution < -0.4 is 16.8 Å². The van der Waals surface area contributed by atoms with E-state index < -0.39 is 30.1 Å². The van der Waals surface area contributed by atoms with Gasteiger partial charge >= 0.3 is 11.9 Å². The molecule has 0 bridgehead atoms. The van der Waals surface area contributed by atoms with E-state index in [0.717, 1.165) is 38.5 Å². The average Bonchev–Trinajstić information content (AvgIpc) is 3.18. The van der Waals surface area contributed by atoms with Crippen molar-refractivity contribution in [1.29, 1.82) is 0 Å². The van der Waals surface area contributed by atoms with Crippen molar-refractivity contribution in [3.63, 3.8) is 0 Å². The maximum atomic E-state index is 13.0. The Hall–Kier alpha value is -1.71. The summed E-state index contributed by atoms with van der Waals surface area (Å²) in [4.78, 5) is 37.6. The van der Waals surface area contributed by atoms with Gasteiger partial charge < -0.3 is 26.6 Å². The van der Waals surface area contributed by atoms with Gasteiger partial charge in [0.15, 0.2) is 0 Å². The van der Waals surface area contributed by atoms with Crippen LogP contribution in [0.15, 0.2) is 0 Å². The topological polar surface area (TPSA) is 159 Å². The molecular weight excluding hydrogens is 376 g/mol. The van der Waals surface area contributed by atoms with Gasteiger partial charge in [-0.3, -0.25) is 14.9 Å². The van der Waals surface area contributed by atoms with Crippen LogP contribution in [0.2, 0.25) is 0 Å². The molecule has 0 spiro atoms. The van der Waals surface area contributed by atoms with Gasteiger partial charge in [0.1, 0.15) is 12.1 Å². The van der Waals surface area contributed by atoms with Crippen LogP contribution in [0, 0.1) is 0 Å². The summed E-state index contributed by atoms with van der Waals surface area (Å²) in [7, 11) is 0. The lowest BCUT2D eigenvalue weighted by Crippen LogP contribution is -2.54. The minimum atomic E-state index is -1.01. The molecule has 1 aliphatic rings. The number of nitrogens with zero attached hydrogens (tertiary/aromatic N) is 1. The maximum absolute atomic E-state index is 13.0. The number of carbonyl (C=O) groups is 3. The Morgan fingerprint density at radius 1 is 0.897 bits per heavy atom. The molecule has 0 radical (unpaired) electrons. The quantitative estimate of drug-likeness (QED) is 0.233. The molecule has 1 aliphatic heterocycles. The highest BCUT2D eigenvalue weighted by atomic mass is 16.4. The van der Waals surface area contributed by atoms with Crippen LogP contribution in [0.1, 0.15) is 70.6 Å². The lowest BCUT2D eigenvalue weighted by Gasteiger charge is -2.29. The highest BCUT2D eigenvalue weighted by Crippen LogP contribution is 2.20. The summed E-state index contributed by atoms with van der Waals surface area (Å²) < 4.78 is 0. The zero-order chi connectivity index (χ0) is 21.6.